The SMILES string of the molecule is C/C(=C\CCOC1OCC(O)C(O)C1O)CCCC(C)CCCC(C)CCCC(C)C. The number of hydrogen-bond donors (Lipinski definition) is 3. The minimum Gasteiger partial charge on any atom is -0.388 e. The van der Waals surface area contributed by atoms with Crippen LogP contribution in [-0.4, -0.2) is 53.1 Å². The van der Waals surface area contributed by atoms with Gasteiger partial charge in [0.2, 0.25) is 0 Å². The average Bonchev–Trinajstić information content (AvgIpc) is 2.70. The summed E-state index contributed by atoms with van der Waals surface area (Å²) >= 11 is 0. The van der Waals surface area contributed by atoms with Gasteiger partial charge in [-0.3, -0.25) is 0 Å². The molecule has 0 aromatic carbocycles. The second-order valence-electron chi connectivity index (χ2n) is 10.3. The summed E-state index contributed by atoms with van der Waals surface area (Å²) < 4.78 is 10.8. The molecule has 0 aromatic rings. The maximum Gasteiger partial charge on any atom is 0.186 e. The van der Waals surface area contributed by atoms with E-state index < -0.39 is 24.6 Å². The molecule has 0 bridgehead atoms. The van der Waals surface area contributed by atoms with Gasteiger partial charge in [0.25, 0.3) is 0 Å². The van der Waals surface area contributed by atoms with E-state index in [0.717, 1.165) is 30.6 Å². The predicted octanol–water partition coefficient (Wildman–Crippen LogP) is 5.22. The molecule has 1 fully saturated rings. The molecule has 0 saturated carbocycles. The first-order valence-corrected chi connectivity index (χ1v) is 12.6. The fourth-order valence-electron chi connectivity index (χ4n) is 4.22. The van der Waals surface area contributed by atoms with E-state index in [-0.39, 0.29) is 6.61 Å². The van der Waals surface area contributed by atoms with Gasteiger partial charge in [-0.1, -0.05) is 84.3 Å². The molecule has 1 aliphatic heterocycles. The fourth-order valence-corrected chi connectivity index (χ4v) is 4.22. The van der Waals surface area contributed by atoms with E-state index >= 15 is 0 Å². The van der Waals surface area contributed by atoms with E-state index in [9.17, 15) is 15.3 Å². The van der Waals surface area contributed by atoms with Crippen LogP contribution >= 0.6 is 0 Å². The summed E-state index contributed by atoms with van der Waals surface area (Å²) in [5.41, 5.74) is 1.37. The molecule has 6 atom stereocenters. The number of aliphatic hydroxyl groups excluding tert-OH is 3. The maximum absolute atomic E-state index is 9.86. The maximum atomic E-state index is 9.86. The summed E-state index contributed by atoms with van der Waals surface area (Å²) in [6.07, 6.45) is 10.4. The van der Waals surface area contributed by atoms with Gasteiger partial charge in [-0.25, -0.2) is 0 Å². The Morgan fingerprint density at radius 3 is 2.10 bits per heavy atom. The molecule has 5 heteroatoms. The highest BCUT2D eigenvalue weighted by Gasteiger charge is 2.37. The Morgan fingerprint density at radius 1 is 0.903 bits per heavy atom. The number of aliphatic hydroxyl groups is 3. The van der Waals surface area contributed by atoms with Gasteiger partial charge in [0.1, 0.15) is 18.3 Å². The summed E-state index contributed by atoms with van der Waals surface area (Å²) in [6.45, 7) is 12.0. The molecule has 31 heavy (non-hydrogen) atoms. The van der Waals surface area contributed by atoms with Gasteiger partial charge in [0.15, 0.2) is 6.29 Å². The first-order chi connectivity index (χ1) is 14.7. The van der Waals surface area contributed by atoms with Crippen molar-refractivity contribution in [3.63, 3.8) is 0 Å². The number of hydrogen-bond acceptors (Lipinski definition) is 5. The van der Waals surface area contributed by atoms with E-state index in [1.807, 2.05) is 0 Å². The highest BCUT2D eigenvalue weighted by molar-refractivity contribution is 4.97. The Balaban J connectivity index is 2.06. The number of allylic oxidation sites excluding steroid dienone is 1. The molecule has 0 amide bonds. The van der Waals surface area contributed by atoms with Crippen molar-refractivity contribution in [1.29, 1.82) is 0 Å². The molecule has 0 spiro atoms. The quantitative estimate of drug-likeness (QED) is 0.226. The molecule has 5 nitrogen and oxygen atoms in total. The van der Waals surface area contributed by atoms with Crippen LogP contribution in [0.2, 0.25) is 0 Å². The zero-order chi connectivity index (χ0) is 23.2. The van der Waals surface area contributed by atoms with E-state index in [4.69, 9.17) is 9.47 Å². The highest BCUT2D eigenvalue weighted by atomic mass is 16.7. The first-order valence-electron chi connectivity index (χ1n) is 12.6. The Labute approximate surface area is 191 Å². The lowest BCUT2D eigenvalue weighted by Gasteiger charge is -2.34. The smallest absolute Gasteiger partial charge is 0.186 e. The minimum absolute atomic E-state index is 0.0208. The lowest BCUT2D eigenvalue weighted by Crippen LogP contribution is -2.53. The molecule has 6 unspecified atom stereocenters. The van der Waals surface area contributed by atoms with Crippen LogP contribution in [0.4, 0.5) is 0 Å². The first kappa shape index (κ1) is 28.6. The van der Waals surface area contributed by atoms with Crippen LogP contribution in [0.25, 0.3) is 0 Å². The van der Waals surface area contributed by atoms with Crippen molar-refractivity contribution in [3.05, 3.63) is 11.6 Å². The van der Waals surface area contributed by atoms with E-state index in [1.54, 1.807) is 0 Å². The Hall–Kier alpha value is -0.460. The largest absolute Gasteiger partial charge is 0.388 e. The molecule has 0 aliphatic carbocycles. The molecule has 0 aromatic heterocycles. The van der Waals surface area contributed by atoms with Gasteiger partial charge in [-0.2, -0.15) is 0 Å². The third-order valence-corrected chi connectivity index (χ3v) is 6.49. The van der Waals surface area contributed by atoms with Crippen LogP contribution in [0.15, 0.2) is 11.6 Å². The summed E-state index contributed by atoms with van der Waals surface area (Å²) in [5.74, 6) is 2.50. The molecule has 1 saturated heterocycles. The molecule has 1 aliphatic rings. The third-order valence-electron chi connectivity index (χ3n) is 6.49. The zero-order valence-electron chi connectivity index (χ0n) is 20.8. The lowest BCUT2D eigenvalue weighted by atomic mass is 9.91. The second kappa shape index (κ2) is 16.2. The molecular weight excluding hydrogens is 392 g/mol. The second-order valence-corrected chi connectivity index (χ2v) is 10.3. The summed E-state index contributed by atoms with van der Waals surface area (Å²) in [6, 6.07) is 0. The highest BCUT2D eigenvalue weighted by Crippen LogP contribution is 2.22. The minimum atomic E-state index is -1.22. The molecule has 184 valence electrons. The molecule has 1 heterocycles. The van der Waals surface area contributed by atoms with Crippen LogP contribution in [0.1, 0.15) is 98.8 Å². The van der Waals surface area contributed by atoms with Gasteiger partial charge in [0, 0.05) is 0 Å². The third kappa shape index (κ3) is 13.0. The van der Waals surface area contributed by atoms with Crippen molar-refractivity contribution in [3.8, 4) is 0 Å². The van der Waals surface area contributed by atoms with Crippen LogP contribution in [0.3, 0.4) is 0 Å². The van der Waals surface area contributed by atoms with Crippen molar-refractivity contribution in [1.82, 2.24) is 0 Å². The molecule has 0 radical (unpaired) electrons. The van der Waals surface area contributed by atoms with Crippen LogP contribution in [0, 0.1) is 17.8 Å². The molecular formula is C26H50O5. The van der Waals surface area contributed by atoms with Crippen LogP contribution < -0.4 is 0 Å². The van der Waals surface area contributed by atoms with E-state index in [0.29, 0.717) is 6.61 Å². The normalized spacial score (nSPS) is 26.9. The monoisotopic (exact) mass is 442 g/mol. The van der Waals surface area contributed by atoms with Gasteiger partial charge in [-0.05, 0) is 43.9 Å². The average molecular weight is 443 g/mol. The lowest BCUT2D eigenvalue weighted by molar-refractivity contribution is -0.269. The van der Waals surface area contributed by atoms with E-state index in [2.05, 4.69) is 40.7 Å². The van der Waals surface area contributed by atoms with Gasteiger partial charge >= 0.3 is 0 Å². The van der Waals surface area contributed by atoms with Crippen molar-refractivity contribution < 1.29 is 24.8 Å². The number of ether oxygens (including phenoxy) is 2. The predicted molar refractivity (Wildman–Crippen MR) is 127 cm³/mol. The summed E-state index contributed by atoms with van der Waals surface area (Å²) in [5, 5.41) is 29.0. The van der Waals surface area contributed by atoms with Crippen LogP contribution in [0.5, 0.6) is 0 Å². The summed E-state index contributed by atoms with van der Waals surface area (Å²) in [7, 11) is 0. The topological polar surface area (TPSA) is 79.2 Å². The molecule has 1 rings (SSSR count). The van der Waals surface area contributed by atoms with Crippen molar-refractivity contribution in [2.45, 2.75) is 123 Å². The van der Waals surface area contributed by atoms with Crippen LogP contribution in [-0.2, 0) is 9.47 Å². The van der Waals surface area contributed by atoms with Gasteiger partial charge in [-0.15, -0.1) is 0 Å². The Morgan fingerprint density at radius 2 is 1.48 bits per heavy atom. The summed E-state index contributed by atoms with van der Waals surface area (Å²) in [4.78, 5) is 0. The number of rotatable bonds is 16. The fraction of sp³-hybridized carbons (Fsp3) is 0.923. The zero-order valence-corrected chi connectivity index (χ0v) is 20.8. The van der Waals surface area contributed by atoms with Gasteiger partial charge in [0.05, 0.1) is 13.2 Å². The van der Waals surface area contributed by atoms with Crippen molar-refractivity contribution in [2.24, 2.45) is 17.8 Å². The van der Waals surface area contributed by atoms with Gasteiger partial charge < -0.3 is 24.8 Å². The van der Waals surface area contributed by atoms with Crippen molar-refractivity contribution >= 4 is 0 Å². The van der Waals surface area contributed by atoms with E-state index in [1.165, 1.54) is 56.9 Å². The standard InChI is InChI=1S/C26H50O5/c1-19(2)10-6-11-20(3)12-7-13-21(4)14-8-15-22(5)16-9-17-30-26-25(29)24(28)23(27)18-31-26/h16,19-21,23-29H,6-15,17-18H2,1-5H3/b22-16+. The Bertz CT molecular complexity index is 478. The van der Waals surface area contributed by atoms with Crippen molar-refractivity contribution in [2.75, 3.05) is 13.2 Å². The Kier molecular flexibility index (Phi) is 14.9. The molecule has 3 N–H and O–H groups in total.